The Morgan fingerprint density at radius 2 is 2.04 bits per heavy atom. The molecule has 0 aromatic heterocycles. The number of aliphatic imine (C=N–C) groups is 1. The third-order valence-electron chi connectivity index (χ3n) is 5.35. The topological polar surface area (TPSA) is 46.1 Å². The van der Waals surface area contributed by atoms with Gasteiger partial charge in [-0.25, -0.2) is 0 Å². The van der Waals surface area contributed by atoms with Crippen molar-refractivity contribution in [2.45, 2.75) is 70.5 Å². The fraction of sp³-hybridized carbons (Fsp3) is 0.947. The van der Waals surface area contributed by atoms with Gasteiger partial charge in [-0.15, -0.1) is 0 Å². The van der Waals surface area contributed by atoms with E-state index in [2.05, 4.69) is 17.1 Å². The zero-order valence-electron chi connectivity index (χ0n) is 15.3. The summed E-state index contributed by atoms with van der Waals surface area (Å²) in [7, 11) is 0. The van der Waals surface area contributed by atoms with E-state index in [1.54, 1.807) is 0 Å². The first-order chi connectivity index (χ1) is 11.8. The van der Waals surface area contributed by atoms with Gasteiger partial charge in [0.1, 0.15) is 0 Å². The number of hydrogen-bond donors (Lipinski definition) is 1. The van der Waals surface area contributed by atoms with Crippen molar-refractivity contribution >= 4 is 5.96 Å². The minimum Gasteiger partial charge on any atom is -0.376 e. The first-order valence-electron chi connectivity index (χ1n) is 10.1. The van der Waals surface area contributed by atoms with Crippen LogP contribution in [0, 0.1) is 5.92 Å². The van der Waals surface area contributed by atoms with E-state index in [0.717, 1.165) is 70.5 Å². The summed E-state index contributed by atoms with van der Waals surface area (Å²) in [5, 5.41) is 3.46. The Kier molecular flexibility index (Phi) is 7.21. The van der Waals surface area contributed by atoms with E-state index >= 15 is 0 Å². The first kappa shape index (κ1) is 18.0. The summed E-state index contributed by atoms with van der Waals surface area (Å²) in [6.07, 6.45) is 10.8. The lowest BCUT2D eigenvalue weighted by Crippen LogP contribution is -2.47. The Hall–Kier alpha value is -0.810. The molecule has 0 spiro atoms. The molecular weight excluding hydrogens is 302 g/mol. The van der Waals surface area contributed by atoms with Gasteiger partial charge in [-0.3, -0.25) is 4.99 Å². The zero-order chi connectivity index (χ0) is 16.6. The van der Waals surface area contributed by atoms with E-state index in [4.69, 9.17) is 14.5 Å². The molecule has 138 valence electrons. The molecule has 3 aliphatic rings. The summed E-state index contributed by atoms with van der Waals surface area (Å²) >= 11 is 0. The maximum Gasteiger partial charge on any atom is 0.193 e. The van der Waals surface area contributed by atoms with E-state index in [1.165, 1.54) is 32.1 Å². The van der Waals surface area contributed by atoms with Gasteiger partial charge in [-0.1, -0.05) is 12.8 Å². The van der Waals surface area contributed by atoms with Crippen LogP contribution in [0.3, 0.4) is 0 Å². The lowest BCUT2D eigenvalue weighted by Gasteiger charge is -2.34. The second-order valence-corrected chi connectivity index (χ2v) is 7.48. The van der Waals surface area contributed by atoms with Crippen molar-refractivity contribution in [3.63, 3.8) is 0 Å². The first-order valence-corrected chi connectivity index (χ1v) is 10.1. The highest BCUT2D eigenvalue weighted by Crippen LogP contribution is 2.33. The van der Waals surface area contributed by atoms with Crippen LogP contribution in [0.25, 0.3) is 0 Å². The molecule has 0 bridgehead atoms. The number of nitrogens with zero attached hydrogens (tertiary/aromatic N) is 2. The van der Waals surface area contributed by atoms with Crippen molar-refractivity contribution in [2.24, 2.45) is 10.9 Å². The molecule has 1 N–H and O–H groups in total. The number of nitrogens with one attached hydrogen (secondary N) is 1. The summed E-state index contributed by atoms with van der Waals surface area (Å²) in [4.78, 5) is 7.25. The average molecular weight is 338 g/mol. The standard InChI is InChI=1S/C19H35N3O2/c1-2-20-19(21-11-3-5-16-7-8-16)22-12-9-17(10-13-22)24-15-18-6-4-14-23-18/h16-18H,2-15H2,1H3,(H,20,21). The average Bonchev–Trinajstić information content (AvgIpc) is 3.29. The molecular formula is C19H35N3O2. The van der Waals surface area contributed by atoms with Crippen molar-refractivity contribution < 1.29 is 9.47 Å². The quantitative estimate of drug-likeness (QED) is 0.420. The number of hydrogen-bond acceptors (Lipinski definition) is 3. The maximum atomic E-state index is 6.07. The van der Waals surface area contributed by atoms with Gasteiger partial charge in [0, 0.05) is 32.8 Å². The Labute approximate surface area is 147 Å². The van der Waals surface area contributed by atoms with E-state index in [-0.39, 0.29) is 0 Å². The predicted octanol–water partition coefficient (Wildman–Crippen LogP) is 2.80. The molecule has 3 fully saturated rings. The van der Waals surface area contributed by atoms with Crippen LogP contribution in [0.1, 0.15) is 58.3 Å². The van der Waals surface area contributed by atoms with Gasteiger partial charge < -0.3 is 19.7 Å². The van der Waals surface area contributed by atoms with Crippen molar-refractivity contribution in [1.29, 1.82) is 0 Å². The largest absolute Gasteiger partial charge is 0.376 e. The van der Waals surface area contributed by atoms with Crippen molar-refractivity contribution in [2.75, 3.05) is 39.4 Å². The molecule has 0 aromatic rings. The van der Waals surface area contributed by atoms with E-state index < -0.39 is 0 Å². The van der Waals surface area contributed by atoms with Crippen LogP contribution in [0.5, 0.6) is 0 Å². The van der Waals surface area contributed by atoms with Crippen LogP contribution in [-0.2, 0) is 9.47 Å². The Morgan fingerprint density at radius 1 is 1.21 bits per heavy atom. The highest BCUT2D eigenvalue weighted by molar-refractivity contribution is 5.80. The highest BCUT2D eigenvalue weighted by atomic mass is 16.5. The number of ether oxygens (including phenoxy) is 2. The maximum absolute atomic E-state index is 6.07. The van der Waals surface area contributed by atoms with Crippen LogP contribution in [0.15, 0.2) is 4.99 Å². The summed E-state index contributed by atoms with van der Waals surface area (Å²) in [6.45, 7) is 7.84. The van der Waals surface area contributed by atoms with Gasteiger partial charge in [0.15, 0.2) is 5.96 Å². The molecule has 24 heavy (non-hydrogen) atoms. The molecule has 5 nitrogen and oxygen atoms in total. The fourth-order valence-electron chi connectivity index (χ4n) is 3.65. The van der Waals surface area contributed by atoms with Crippen molar-refractivity contribution in [1.82, 2.24) is 10.2 Å². The molecule has 0 aromatic carbocycles. The van der Waals surface area contributed by atoms with E-state index in [9.17, 15) is 0 Å². The lowest BCUT2D eigenvalue weighted by atomic mass is 10.1. The molecule has 3 rings (SSSR count). The number of rotatable bonds is 8. The van der Waals surface area contributed by atoms with Gasteiger partial charge in [0.2, 0.25) is 0 Å². The smallest absolute Gasteiger partial charge is 0.193 e. The molecule has 1 saturated carbocycles. The van der Waals surface area contributed by atoms with Crippen LogP contribution < -0.4 is 5.32 Å². The minimum absolute atomic E-state index is 0.341. The summed E-state index contributed by atoms with van der Waals surface area (Å²) in [6, 6.07) is 0. The van der Waals surface area contributed by atoms with Crippen LogP contribution in [0.2, 0.25) is 0 Å². The zero-order valence-corrected chi connectivity index (χ0v) is 15.3. The van der Waals surface area contributed by atoms with Gasteiger partial charge in [0.05, 0.1) is 18.8 Å². The normalized spacial score (nSPS) is 26.1. The predicted molar refractivity (Wildman–Crippen MR) is 97.5 cm³/mol. The lowest BCUT2D eigenvalue weighted by molar-refractivity contribution is -0.0367. The third-order valence-corrected chi connectivity index (χ3v) is 5.35. The van der Waals surface area contributed by atoms with Gasteiger partial charge in [-0.2, -0.15) is 0 Å². The Balaban J connectivity index is 1.36. The number of likely N-dealkylation sites (tertiary alicyclic amines) is 1. The molecule has 1 unspecified atom stereocenters. The second-order valence-electron chi connectivity index (χ2n) is 7.48. The Bertz CT molecular complexity index is 384. The monoisotopic (exact) mass is 337 g/mol. The SMILES string of the molecule is CCNC(=NCCCC1CC1)N1CCC(OCC2CCCO2)CC1. The van der Waals surface area contributed by atoms with E-state index in [1.807, 2.05) is 0 Å². The van der Waals surface area contributed by atoms with Crippen LogP contribution >= 0.6 is 0 Å². The highest BCUT2D eigenvalue weighted by Gasteiger charge is 2.24. The van der Waals surface area contributed by atoms with E-state index in [0.29, 0.717) is 12.2 Å². The molecule has 1 aliphatic carbocycles. The minimum atomic E-state index is 0.341. The van der Waals surface area contributed by atoms with Gasteiger partial charge in [-0.05, 0) is 51.4 Å². The molecule has 1 atom stereocenters. The summed E-state index contributed by atoms with van der Waals surface area (Å²) in [5.74, 6) is 2.12. The fourth-order valence-corrected chi connectivity index (χ4v) is 3.65. The number of guanidine groups is 1. The van der Waals surface area contributed by atoms with Crippen molar-refractivity contribution in [3.05, 3.63) is 0 Å². The third kappa shape index (κ3) is 5.92. The molecule has 2 heterocycles. The summed E-state index contributed by atoms with van der Waals surface area (Å²) < 4.78 is 11.7. The van der Waals surface area contributed by atoms with Crippen LogP contribution in [-0.4, -0.2) is 62.5 Å². The van der Waals surface area contributed by atoms with Crippen molar-refractivity contribution in [3.8, 4) is 0 Å². The molecule has 2 aliphatic heterocycles. The Morgan fingerprint density at radius 3 is 2.71 bits per heavy atom. The molecule has 0 amide bonds. The molecule has 5 heteroatoms. The number of piperidine rings is 1. The second kappa shape index (κ2) is 9.62. The summed E-state index contributed by atoms with van der Waals surface area (Å²) in [5.41, 5.74) is 0. The van der Waals surface area contributed by atoms with Crippen LogP contribution in [0.4, 0.5) is 0 Å². The van der Waals surface area contributed by atoms with Gasteiger partial charge >= 0.3 is 0 Å². The molecule has 2 saturated heterocycles. The van der Waals surface area contributed by atoms with Gasteiger partial charge in [0.25, 0.3) is 0 Å². The molecule has 0 radical (unpaired) electrons.